The molecule has 25 heavy (non-hydrogen) atoms. The summed E-state index contributed by atoms with van der Waals surface area (Å²) < 4.78 is 5.16. The number of aryl methyl sites for hydroxylation is 1. The molecule has 132 valence electrons. The first kappa shape index (κ1) is 16.1. The molecule has 7 heteroatoms. The molecule has 1 N–H and O–H groups in total. The molecule has 4 rings (SSSR count). The first-order chi connectivity index (χ1) is 12.2. The van der Waals surface area contributed by atoms with E-state index in [2.05, 4.69) is 44.6 Å². The monoisotopic (exact) mass is 341 g/mol. The molecular formula is C18H23N5O2. The van der Waals surface area contributed by atoms with Gasteiger partial charge in [-0.25, -0.2) is 4.79 Å². The zero-order valence-electron chi connectivity index (χ0n) is 14.4. The van der Waals surface area contributed by atoms with Crippen LogP contribution in [0.25, 0.3) is 0 Å². The lowest BCUT2D eigenvalue weighted by molar-refractivity contribution is 0.126. The molecule has 0 radical (unpaired) electrons. The number of carbonyl (C=O) groups excluding carboxylic acids is 1. The minimum atomic E-state index is 0.0525. The van der Waals surface area contributed by atoms with E-state index in [0.717, 1.165) is 32.6 Å². The van der Waals surface area contributed by atoms with Crippen molar-refractivity contribution in [2.75, 3.05) is 26.2 Å². The average Bonchev–Trinajstić information content (AvgIpc) is 3.28. The highest BCUT2D eigenvalue weighted by molar-refractivity contribution is 5.75. The quantitative estimate of drug-likeness (QED) is 0.917. The predicted octanol–water partition coefficient (Wildman–Crippen LogP) is 1.76. The van der Waals surface area contributed by atoms with Gasteiger partial charge in [0.1, 0.15) is 0 Å². The van der Waals surface area contributed by atoms with Crippen LogP contribution in [0.4, 0.5) is 4.79 Å². The highest BCUT2D eigenvalue weighted by Gasteiger charge is 2.40. The molecule has 2 heterocycles. The van der Waals surface area contributed by atoms with Crippen molar-refractivity contribution in [3.05, 3.63) is 47.6 Å². The van der Waals surface area contributed by atoms with E-state index in [1.165, 1.54) is 5.56 Å². The highest BCUT2D eigenvalue weighted by atomic mass is 16.5. The van der Waals surface area contributed by atoms with Gasteiger partial charge in [0.05, 0.1) is 6.54 Å². The molecule has 1 aromatic carbocycles. The van der Waals surface area contributed by atoms with Gasteiger partial charge in [0.25, 0.3) is 0 Å². The Hall–Kier alpha value is -2.41. The van der Waals surface area contributed by atoms with Crippen molar-refractivity contribution in [3.8, 4) is 0 Å². The summed E-state index contributed by atoms with van der Waals surface area (Å²) in [7, 11) is 0. The topological polar surface area (TPSA) is 74.5 Å². The van der Waals surface area contributed by atoms with Gasteiger partial charge in [-0.1, -0.05) is 35.5 Å². The van der Waals surface area contributed by atoms with Gasteiger partial charge < -0.3 is 14.7 Å². The maximum atomic E-state index is 12.4. The third-order valence-corrected chi connectivity index (χ3v) is 4.92. The van der Waals surface area contributed by atoms with Crippen LogP contribution in [0.1, 0.15) is 29.6 Å². The molecule has 0 bridgehead atoms. The Morgan fingerprint density at radius 3 is 2.68 bits per heavy atom. The third-order valence-electron chi connectivity index (χ3n) is 4.92. The first-order valence-electron chi connectivity index (χ1n) is 8.81. The molecule has 0 spiro atoms. The van der Waals surface area contributed by atoms with Crippen LogP contribution >= 0.6 is 0 Å². The van der Waals surface area contributed by atoms with Gasteiger partial charge >= 0.3 is 6.03 Å². The van der Waals surface area contributed by atoms with E-state index >= 15 is 0 Å². The summed E-state index contributed by atoms with van der Waals surface area (Å²) in [6.07, 6.45) is 1.03. The minimum Gasteiger partial charge on any atom is -0.338 e. The molecule has 2 fully saturated rings. The van der Waals surface area contributed by atoms with Crippen molar-refractivity contribution in [3.63, 3.8) is 0 Å². The van der Waals surface area contributed by atoms with Crippen molar-refractivity contribution < 1.29 is 9.32 Å². The van der Waals surface area contributed by atoms with Crippen molar-refractivity contribution in [1.82, 2.24) is 25.3 Å². The van der Waals surface area contributed by atoms with E-state index in [4.69, 9.17) is 4.52 Å². The SMILES string of the molecule is Cc1noc(CN2CCN(C(=O)N[C@@H]3C[C@@H]3c3ccccc3)CC2)n1. The number of hydrogen-bond donors (Lipinski definition) is 1. The maximum absolute atomic E-state index is 12.4. The molecule has 1 aliphatic heterocycles. The molecule has 2 aliphatic rings. The predicted molar refractivity (Wildman–Crippen MR) is 92.0 cm³/mol. The average molecular weight is 341 g/mol. The number of nitrogens with zero attached hydrogens (tertiary/aromatic N) is 4. The number of benzene rings is 1. The van der Waals surface area contributed by atoms with Gasteiger partial charge in [-0.15, -0.1) is 0 Å². The fourth-order valence-corrected chi connectivity index (χ4v) is 3.38. The summed E-state index contributed by atoms with van der Waals surface area (Å²) in [6.45, 7) is 5.55. The number of aromatic nitrogens is 2. The van der Waals surface area contributed by atoms with E-state index < -0.39 is 0 Å². The lowest BCUT2D eigenvalue weighted by atomic mass is 10.1. The zero-order valence-corrected chi connectivity index (χ0v) is 14.4. The minimum absolute atomic E-state index is 0.0525. The normalized spacial score (nSPS) is 23.5. The van der Waals surface area contributed by atoms with Crippen molar-refractivity contribution in [1.29, 1.82) is 0 Å². The van der Waals surface area contributed by atoms with Gasteiger partial charge in [0.15, 0.2) is 5.82 Å². The number of rotatable bonds is 4. The second-order valence-electron chi connectivity index (χ2n) is 6.81. The Labute approximate surface area is 147 Å². The Morgan fingerprint density at radius 1 is 1.24 bits per heavy atom. The van der Waals surface area contributed by atoms with Gasteiger partial charge in [0, 0.05) is 38.1 Å². The van der Waals surface area contributed by atoms with Gasteiger partial charge in [-0.2, -0.15) is 4.98 Å². The Kier molecular flexibility index (Phi) is 4.40. The number of amides is 2. The van der Waals surface area contributed by atoms with E-state index in [-0.39, 0.29) is 12.1 Å². The molecule has 1 saturated heterocycles. The number of urea groups is 1. The molecular weight excluding hydrogens is 318 g/mol. The Balaban J connectivity index is 1.22. The van der Waals surface area contributed by atoms with E-state index in [1.807, 2.05) is 17.9 Å². The number of piperazine rings is 1. The van der Waals surface area contributed by atoms with Crippen molar-refractivity contribution in [2.45, 2.75) is 31.8 Å². The number of hydrogen-bond acceptors (Lipinski definition) is 5. The first-order valence-corrected chi connectivity index (χ1v) is 8.81. The summed E-state index contributed by atoms with van der Waals surface area (Å²) in [6, 6.07) is 10.7. The summed E-state index contributed by atoms with van der Waals surface area (Å²) in [4.78, 5) is 20.8. The molecule has 2 atom stereocenters. The lowest BCUT2D eigenvalue weighted by Gasteiger charge is -2.34. The molecule has 2 aromatic rings. The van der Waals surface area contributed by atoms with Crippen LogP contribution < -0.4 is 5.32 Å². The molecule has 0 unspecified atom stereocenters. The molecule has 7 nitrogen and oxygen atoms in total. The lowest BCUT2D eigenvalue weighted by Crippen LogP contribution is -2.52. The van der Waals surface area contributed by atoms with Crippen LogP contribution in [-0.4, -0.2) is 58.2 Å². The standard InChI is InChI=1S/C18H23N5O2/c1-13-19-17(25-21-13)12-22-7-9-23(10-8-22)18(24)20-16-11-15(16)14-5-3-2-4-6-14/h2-6,15-16H,7-12H2,1H3,(H,20,24)/t15-,16-/m1/s1. The van der Waals surface area contributed by atoms with Crippen LogP contribution in [0, 0.1) is 6.92 Å². The van der Waals surface area contributed by atoms with Crippen LogP contribution in [0.5, 0.6) is 0 Å². The Bertz CT molecular complexity index is 724. The van der Waals surface area contributed by atoms with Gasteiger partial charge in [0.2, 0.25) is 5.89 Å². The van der Waals surface area contributed by atoms with Crippen LogP contribution in [0.2, 0.25) is 0 Å². The molecule has 2 amide bonds. The summed E-state index contributed by atoms with van der Waals surface area (Å²) in [5.74, 6) is 1.76. The molecule has 1 aliphatic carbocycles. The van der Waals surface area contributed by atoms with Crippen LogP contribution in [0.3, 0.4) is 0 Å². The maximum Gasteiger partial charge on any atom is 0.317 e. The summed E-state index contributed by atoms with van der Waals surface area (Å²) >= 11 is 0. The molecule has 1 aromatic heterocycles. The third kappa shape index (κ3) is 3.82. The fraction of sp³-hybridized carbons (Fsp3) is 0.500. The van der Waals surface area contributed by atoms with E-state index in [1.54, 1.807) is 0 Å². The second kappa shape index (κ2) is 6.84. The smallest absolute Gasteiger partial charge is 0.317 e. The van der Waals surface area contributed by atoms with Gasteiger partial charge in [-0.05, 0) is 18.9 Å². The number of nitrogens with one attached hydrogen (secondary N) is 1. The van der Waals surface area contributed by atoms with E-state index in [9.17, 15) is 4.79 Å². The molecule has 1 saturated carbocycles. The van der Waals surface area contributed by atoms with E-state index in [0.29, 0.717) is 24.2 Å². The van der Waals surface area contributed by atoms with Crippen LogP contribution in [-0.2, 0) is 6.54 Å². The highest BCUT2D eigenvalue weighted by Crippen LogP contribution is 2.40. The second-order valence-corrected chi connectivity index (χ2v) is 6.81. The Morgan fingerprint density at radius 2 is 2.00 bits per heavy atom. The zero-order chi connectivity index (χ0) is 17.2. The number of carbonyl (C=O) groups is 1. The summed E-state index contributed by atoms with van der Waals surface area (Å²) in [5, 5.41) is 6.98. The van der Waals surface area contributed by atoms with Gasteiger partial charge in [-0.3, -0.25) is 4.90 Å². The van der Waals surface area contributed by atoms with Crippen LogP contribution in [0.15, 0.2) is 34.9 Å². The largest absolute Gasteiger partial charge is 0.338 e. The summed E-state index contributed by atoms with van der Waals surface area (Å²) in [5.41, 5.74) is 1.31. The van der Waals surface area contributed by atoms with Crippen molar-refractivity contribution >= 4 is 6.03 Å². The fourth-order valence-electron chi connectivity index (χ4n) is 3.38. The van der Waals surface area contributed by atoms with Crippen molar-refractivity contribution in [2.24, 2.45) is 0 Å².